The van der Waals surface area contributed by atoms with Crippen molar-refractivity contribution in [3.63, 3.8) is 0 Å². The van der Waals surface area contributed by atoms with Gasteiger partial charge >= 0.3 is 5.97 Å². The van der Waals surface area contributed by atoms with Gasteiger partial charge in [0.05, 0.1) is 7.11 Å². The number of rotatable bonds is 5. The van der Waals surface area contributed by atoms with Crippen molar-refractivity contribution in [2.75, 3.05) is 33.3 Å². The van der Waals surface area contributed by atoms with Crippen molar-refractivity contribution in [2.45, 2.75) is 32.6 Å². The lowest BCUT2D eigenvalue weighted by Gasteiger charge is -2.27. The van der Waals surface area contributed by atoms with Gasteiger partial charge in [-0.1, -0.05) is 13.3 Å². The summed E-state index contributed by atoms with van der Waals surface area (Å²) in [6.45, 7) is 6.54. The summed E-state index contributed by atoms with van der Waals surface area (Å²) >= 11 is 0. The van der Waals surface area contributed by atoms with Gasteiger partial charge in [0, 0.05) is 32.6 Å². The Balaban J connectivity index is 2.17. The zero-order valence-electron chi connectivity index (χ0n) is 10.5. The SMILES string of the molecule is COC(=O)CCCCC1(C)CNCCNC1. The van der Waals surface area contributed by atoms with Crippen LogP contribution >= 0.6 is 0 Å². The van der Waals surface area contributed by atoms with Crippen LogP contribution in [0.2, 0.25) is 0 Å². The van der Waals surface area contributed by atoms with E-state index >= 15 is 0 Å². The summed E-state index contributed by atoms with van der Waals surface area (Å²) in [4.78, 5) is 11.0. The van der Waals surface area contributed by atoms with E-state index in [2.05, 4.69) is 22.3 Å². The molecule has 0 bridgehead atoms. The molecule has 0 radical (unpaired) electrons. The molecular weight excluding hydrogens is 204 g/mol. The molecule has 0 aliphatic carbocycles. The van der Waals surface area contributed by atoms with Crippen LogP contribution in [0.25, 0.3) is 0 Å². The van der Waals surface area contributed by atoms with Crippen LogP contribution in [0.1, 0.15) is 32.6 Å². The quantitative estimate of drug-likeness (QED) is 0.543. The van der Waals surface area contributed by atoms with Gasteiger partial charge in [-0.3, -0.25) is 4.79 Å². The van der Waals surface area contributed by atoms with Gasteiger partial charge in [0.25, 0.3) is 0 Å². The minimum Gasteiger partial charge on any atom is -0.469 e. The average molecular weight is 228 g/mol. The Morgan fingerprint density at radius 2 is 1.88 bits per heavy atom. The van der Waals surface area contributed by atoms with Gasteiger partial charge in [-0.15, -0.1) is 0 Å². The second kappa shape index (κ2) is 6.86. The zero-order valence-corrected chi connectivity index (χ0v) is 10.5. The predicted molar refractivity (Wildman–Crippen MR) is 64.3 cm³/mol. The fraction of sp³-hybridized carbons (Fsp3) is 0.917. The number of carbonyl (C=O) groups excluding carboxylic acids is 1. The first-order chi connectivity index (χ1) is 7.66. The molecule has 1 aliphatic heterocycles. The zero-order chi connectivity index (χ0) is 11.9. The second-order valence-electron chi connectivity index (χ2n) is 4.95. The van der Waals surface area contributed by atoms with Crippen molar-refractivity contribution in [2.24, 2.45) is 5.41 Å². The minimum absolute atomic E-state index is 0.0951. The van der Waals surface area contributed by atoms with Crippen LogP contribution in [-0.2, 0) is 9.53 Å². The van der Waals surface area contributed by atoms with Gasteiger partial charge in [-0.25, -0.2) is 0 Å². The largest absolute Gasteiger partial charge is 0.469 e. The number of nitrogens with one attached hydrogen (secondary N) is 2. The number of unbranched alkanes of at least 4 members (excludes halogenated alkanes) is 1. The first kappa shape index (κ1) is 13.5. The topological polar surface area (TPSA) is 50.4 Å². The van der Waals surface area contributed by atoms with Crippen molar-refractivity contribution in [3.8, 4) is 0 Å². The van der Waals surface area contributed by atoms with Gasteiger partial charge in [-0.05, 0) is 18.3 Å². The average Bonchev–Trinajstić information content (AvgIpc) is 2.50. The van der Waals surface area contributed by atoms with E-state index in [0.717, 1.165) is 45.4 Å². The van der Waals surface area contributed by atoms with E-state index in [4.69, 9.17) is 0 Å². The normalized spacial score (nSPS) is 20.1. The summed E-state index contributed by atoms with van der Waals surface area (Å²) in [7, 11) is 1.45. The molecule has 0 saturated carbocycles. The highest BCUT2D eigenvalue weighted by atomic mass is 16.5. The molecule has 0 spiro atoms. The molecular formula is C12H24N2O2. The van der Waals surface area contributed by atoms with E-state index in [1.807, 2.05) is 0 Å². The van der Waals surface area contributed by atoms with Crippen molar-refractivity contribution in [1.29, 1.82) is 0 Å². The maximum atomic E-state index is 11.0. The summed E-state index contributed by atoms with van der Waals surface area (Å²) in [5.74, 6) is -0.0951. The third-order valence-corrected chi connectivity index (χ3v) is 3.22. The Kier molecular flexibility index (Phi) is 5.77. The maximum Gasteiger partial charge on any atom is 0.305 e. The lowest BCUT2D eigenvalue weighted by molar-refractivity contribution is -0.140. The van der Waals surface area contributed by atoms with Crippen LogP contribution in [0.5, 0.6) is 0 Å². The molecule has 1 saturated heterocycles. The molecule has 0 unspecified atom stereocenters. The predicted octanol–water partition coefficient (Wildman–Crippen LogP) is 0.919. The summed E-state index contributed by atoms with van der Waals surface area (Å²) < 4.78 is 4.62. The lowest BCUT2D eigenvalue weighted by Crippen LogP contribution is -2.35. The Labute approximate surface area is 98.1 Å². The van der Waals surface area contributed by atoms with Gasteiger partial charge in [-0.2, -0.15) is 0 Å². The maximum absolute atomic E-state index is 11.0. The smallest absolute Gasteiger partial charge is 0.305 e. The van der Waals surface area contributed by atoms with Crippen molar-refractivity contribution in [3.05, 3.63) is 0 Å². The molecule has 0 amide bonds. The summed E-state index contributed by atoms with van der Waals surface area (Å²) in [5.41, 5.74) is 0.326. The van der Waals surface area contributed by atoms with Crippen molar-refractivity contribution < 1.29 is 9.53 Å². The molecule has 4 heteroatoms. The molecule has 0 atom stereocenters. The second-order valence-corrected chi connectivity index (χ2v) is 4.95. The Bertz CT molecular complexity index is 211. The number of ether oxygens (including phenoxy) is 1. The van der Waals surface area contributed by atoms with E-state index in [0.29, 0.717) is 11.8 Å². The van der Waals surface area contributed by atoms with E-state index in [-0.39, 0.29) is 5.97 Å². The monoisotopic (exact) mass is 228 g/mol. The van der Waals surface area contributed by atoms with Crippen molar-refractivity contribution >= 4 is 5.97 Å². The standard InChI is InChI=1S/C12H24N2O2/c1-12(9-13-7-8-14-10-12)6-4-3-5-11(15)16-2/h13-14H,3-10H2,1-2H3. The molecule has 1 heterocycles. The Morgan fingerprint density at radius 3 is 2.44 bits per heavy atom. The van der Waals surface area contributed by atoms with Gasteiger partial charge in [0.1, 0.15) is 0 Å². The molecule has 2 N–H and O–H groups in total. The molecule has 0 aromatic rings. The number of esters is 1. The molecule has 0 aromatic carbocycles. The minimum atomic E-state index is -0.0951. The number of hydrogen-bond donors (Lipinski definition) is 2. The van der Waals surface area contributed by atoms with E-state index in [1.54, 1.807) is 0 Å². The van der Waals surface area contributed by atoms with Gasteiger partial charge < -0.3 is 15.4 Å². The number of hydrogen-bond acceptors (Lipinski definition) is 4. The Hall–Kier alpha value is -0.610. The molecule has 94 valence electrons. The van der Waals surface area contributed by atoms with E-state index in [1.165, 1.54) is 7.11 Å². The molecule has 1 aliphatic rings. The Morgan fingerprint density at radius 1 is 1.25 bits per heavy atom. The first-order valence-electron chi connectivity index (χ1n) is 6.14. The lowest BCUT2D eigenvalue weighted by atomic mass is 9.84. The first-order valence-corrected chi connectivity index (χ1v) is 6.14. The summed E-state index contributed by atoms with van der Waals surface area (Å²) in [5, 5.41) is 6.89. The van der Waals surface area contributed by atoms with Gasteiger partial charge in [0.15, 0.2) is 0 Å². The number of methoxy groups -OCH3 is 1. The molecule has 4 nitrogen and oxygen atoms in total. The summed E-state index contributed by atoms with van der Waals surface area (Å²) in [6, 6.07) is 0. The summed E-state index contributed by atoms with van der Waals surface area (Å²) in [6.07, 6.45) is 3.73. The highest BCUT2D eigenvalue weighted by Crippen LogP contribution is 2.23. The molecule has 1 fully saturated rings. The van der Waals surface area contributed by atoms with Gasteiger partial charge in [0.2, 0.25) is 0 Å². The highest BCUT2D eigenvalue weighted by Gasteiger charge is 2.24. The van der Waals surface area contributed by atoms with E-state index < -0.39 is 0 Å². The third kappa shape index (κ3) is 4.94. The van der Waals surface area contributed by atoms with Crippen LogP contribution < -0.4 is 10.6 Å². The molecule has 1 rings (SSSR count). The van der Waals surface area contributed by atoms with Crippen LogP contribution in [0.3, 0.4) is 0 Å². The van der Waals surface area contributed by atoms with Crippen LogP contribution in [-0.4, -0.2) is 39.3 Å². The fourth-order valence-electron chi connectivity index (χ4n) is 2.12. The highest BCUT2D eigenvalue weighted by molar-refractivity contribution is 5.68. The molecule has 0 aromatic heterocycles. The fourth-order valence-corrected chi connectivity index (χ4v) is 2.12. The van der Waals surface area contributed by atoms with Crippen LogP contribution in [0.4, 0.5) is 0 Å². The van der Waals surface area contributed by atoms with Crippen molar-refractivity contribution in [1.82, 2.24) is 10.6 Å². The van der Waals surface area contributed by atoms with Crippen LogP contribution in [0.15, 0.2) is 0 Å². The van der Waals surface area contributed by atoms with E-state index in [9.17, 15) is 4.79 Å². The molecule has 16 heavy (non-hydrogen) atoms. The number of carbonyl (C=O) groups is 1. The third-order valence-electron chi connectivity index (χ3n) is 3.22. The van der Waals surface area contributed by atoms with Crippen LogP contribution in [0, 0.1) is 5.41 Å².